The Kier molecular flexibility index (Phi) is 4.58. The minimum atomic E-state index is -4.22. The van der Waals surface area contributed by atoms with Gasteiger partial charge in [0.25, 0.3) is 0 Å². The summed E-state index contributed by atoms with van der Waals surface area (Å²) in [6.07, 6.45) is -3.09. The second kappa shape index (κ2) is 5.33. The van der Waals surface area contributed by atoms with Crippen LogP contribution in [0, 0.1) is 0 Å². The largest absolute Gasteiger partial charge is 0.401 e. The molecule has 0 amide bonds. The maximum absolute atomic E-state index is 12.1. The molecule has 2 N–H and O–H groups in total. The van der Waals surface area contributed by atoms with Gasteiger partial charge in [0.2, 0.25) is 0 Å². The molecule has 1 fully saturated rings. The molecule has 0 aromatic carbocycles. The molecular weight excluding hydrogens is 221 g/mol. The summed E-state index contributed by atoms with van der Waals surface area (Å²) >= 11 is 0. The van der Waals surface area contributed by atoms with Crippen molar-refractivity contribution >= 4 is 0 Å². The standard InChI is InChI=1S/C10H19F3N2O/c1-2-15-5-3-9(8-16,4-6-15)14-7-10(11,12)13/h14,16H,2-8H2,1H3. The highest BCUT2D eigenvalue weighted by Crippen LogP contribution is 2.23. The van der Waals surface area contributed by atoms with Crippen LogP contribution in [0.3, 0.4) is 0 Å². The fraction of sp³-hybridized carbons (Fsp3) is 1.00. The summed E-state index contributed by atoms with van der Waals surface area (Å²) in [4.78, 5) is 2.17. The van der Waals surface area contributed by atoms with E-state index in [1.165, 1.54) is 0 Å². The third-order valence-electron chi connectivity index (χ3n) is 3.23. The van der Waals surface area contributed by atoms with Crippen molar-refractivity contribution in [2.75, 3.05) is 32.8 Å². The molecule has 96 valence electrons. The van der Waals surface area contributed by atoms with Crippen LogP contribution in [0.25, 0.3) is 0 Å². The molecule has 0 aromatic heterocycles. The second-order valence-corrected chi connectivity index (χ2v) is 4.34. The van der Waals surface area contributed by atoms with Crippen LogP contribution in [0.4, 0.5) is 13.2 Å². The van der Waals surface area contributed by atoms with E-state index >= 15 is 0 Å². The average molecular weight is 240 g/mol. The van der Waals surface area contributed by atoms with E-state index < -0.39 is 18.3 Å². The minimum absolute atomic E-state index is 0.235. The predicted molar refractivity (Wildman–Crippen MR) is 55.2 cm³/mol. The topological polar surface area (TPSA) is 35.5 Å². The van der Waals surface area contributed by atoms with E-state index in [-0.39, 0.29) is 6.61 Å². The number of nitrogens with zero attached hydrogens (tertiary/aromatic N) is 1. The van der Waals surface area contributed by atoms with Crippen LogP contribution >= 0.6 is 0 Å². The highest BCUT2D eigenvalue weighted by atomic mass is 19.4. The number of hydrogen-bond donors (Lipinski definition) is 2. The molecule has 1 heterocycles. The Balaban J connectivity index is 2.46. The van der Waals surface area contributed by atoms with Gasteiger partial charge in [-0.15, -0.1) is 0 Å². The van der Waals surface area contributed by atoms with Gasteiger partial charge in [0.1, 0.15) is 0 Å². The third kappa shape index (κ3) is 3.92. The van der Waals surface area contributed by atoms with Crippen LogP contribution in [-0.2, 0) is 0 Å². The zero-order valence-corrected chi connectivity index (χ0v) is 9.48. The van der Waals surface area contributed by atoms with Crippen LogP contribution < -0.4 is 5.32 Å². The fourth-order valence-corrected chi connectivity index (χ4v) is 1.98. The summed E-state index contributed by atoms with van der Waals surface area (Å²) in [6, 6.07) is 0. The van der Waals surface area contributed by atoms with Gasteiger partial charge in [-0.1, -0.05) is 6.92 Å². The quantitative estimate of drug-likeness (QED) is 0.769. The first-order chi connectivity index (χ1) is 7.41. The van der Waals surface area contributed by atoms with E-state index in [0.717, 1.165) is 19.6 Å². The zero-order valence-electron chi connectivity index (χ0n) is 9.48. The maximum atomic E-state index is 12.1. The fourth-order valence-electron chi connectivity index (χ4n) is 1.98. The molecule has 1 rings (SSSR count). The summed E-state index contributed by atoms with van der Waals surface area (Å²) in [5.41, 5.74) is -0.749. The lowest BCUT2D eigenvalue weighted by Crippen LogP contribution is -2.57. The first kappa shape index (κ1) is 13.7. The van der Waals surface area contributed by atoms with Gasteiger partial charge in [0.05, 0.1) is 13.2 Å². The average Bonchev–Trinajstić information content (AvgIpc) is 2.26. The number of aliphatic hydroxyl groups is 1. The molecule has 3 nitrogen and oxygen atoms in total. The first-order valence-corrected chi connectivity index (χ1v) is 5.56. The van der Waals surface area contributed by atoms with E-state index in [9.17, 15) is 18.3 Å². The number of rotatable bonds is 4. The summed E-state index contributed by atoms with van der Waals surface area (Å²) < 4.78 is 36.3. The molecule has 0 bridgehead atoms. The molecule has 0 unspecified atom stereocenters. The Hall–Kier alpha value is -0.330. The van der Waals surface area contributed by atoms with Crippen molar-refractivity contribution in [1.29, 1.82) is 0 Å². The van der Waals surface area contributed by atoms with Gasteiger partial charge in [-0.05, 0) is 32.5 Å². The van der Waals surface area contributed by atoms with Gasteiger partial charge in [0.15, 0.2) is 0 Å². The van der Waals surface area contributed by atoms with E-state index in [1.807, 2.05) is 6.92 Å². The Labute approximate surface area is 93.6 Å². The predicted octanol–water partition coefficient (Wildman–Crippen LogP) is 0.985. The number of likely N-dealkylation sites (tertiary alicyclic amines) is 1. The highest BCUT2D eigenvalue weighted by Gasteiger charge is 2.37. The van der Waals surface area contributed by atoms with Gasteiger partial charge in [-0.2, -0.15) is 13.2 Å². The normalized spacial score (nSPS) is 22.3. The van der Waals surface area contributed by atoms with Crippen molar-refractivity contribution in [2.45, 2.75) is 31.5 Å². The number of nitrogens with one attached hydrogen (secondary N) is 1. The summed E-state index contributed by atoms with van der Waals surface area (Å²) in [7, 11) is 0. The van der Waals surface area contributed by atoms with Crippen molar-refractivity contribution in [2.24, 2.45) is 0 Å². The molecule has 0 aliphatic carbocycles. The molecule has 0 atom stereocenters. The number of alkyl halides is 3. The first-order valence-electron chi connectivity index (χ1n) is 5.56. The summed E-state index contributed by atoms with van der Waals surface area (Å²) in [5.74, 6) is 0. The Morgan fingerprint density at radius 2 is 1.88 bits per heavy atom. The number of aliphatic hydroxyl groups excluding tert-OH is 1. The molecule has 1 aliphatic heterocycles. The summed E-state index contributed by atoms with van der Waals surface area (Å²) in [6.45, 7) is 3.14. The zero-order chi connectivity index (χ0) is 12.2. The van der Waals surface area contributed by atoms with Crippen LogP contribution in [-0.4, -0.2) is 54.5 Å². The van der Waals surface area contributed by atoms with Gasteiger partial charge < -0.3 is 15.3 Å². The molecule has 0 spiro atoms. The monoisotopic (exact) mass is 240 g/mol. The third-order valence-corrected chi connectivity index (χ3v) is 3.23. The Bertz CT molecular complexity index is 213. The lowest BCUT2D eigenvalue weighted by molar-refractivity contribution is -0.131. The Morgan fingerprint density at radius 3 is 2.25 bits per heavy atom. The SMILES string of the molecule is CCN1CCC(CO)(NCC(F)(F)F)CC1. The van der Waals surface area contributed by atoms with E-state index in [1.54, 1.807) is 0 Å². The van der Waals surface area contributed by atoms with Gasteiger partial charge in [-0.3, -0.25) is 0 Å². The molecule has 0 aromatic rings. The van der Waals surface area contributed by atoms with Crippen LogP contribution in [0.15, 0.2) is 0 Å². The summed E-state index contributed by atoms with van der Waals surface area (Å²) in [5, 5.41) is 11.7. The van der Waals surface area contributed by atoms with Crippen molar-refractivity contribution in [3.8, 4) is 0 Å². The van der Waals surface area contributed by atoms with Crippen LogP contribution in [0.2, 0.25) is 0 Å². The molecule has 0 radical (unpaired) electrons. The van der Waals surface area contributed by atoms with E-state index in [0.29, 0.717) is 12.8 Å². The minimum Gasteiger partial charge on any atom is -0.394 e. The highest BCUT2D eigenvalue weighted by molar-refractivity contribution is 4.93. The Morgan fingerprint density at radius 1 is 1.31 bits per heavy atom. The van der Waals surface area contributed by atoms with E-state index in [2.05, 4.69) is 10.2 Å². The molecule has 6 heteroatoms. The lowest BCUT2D eigenvalue weighted by atomic mass is 9.88. The lowest BCUT2D eigenvalue weighted by Gasteiger charge is -2.41. The molecule has 1 aliphatic rings. The number of halogens is 3. The second-order valence-electron chi connectivity index (χ2n) is 4.34. The van der Waals surface area contributed by atoms with Crippen LogP contribution in [0.1, 0.15) is 19.8 Å². The van der Waals surface area contributed by atoms with Crippen molar-refractivity contribution < 1.29 is 18.3 Å². The van der Waals surface area contributed by atoms with Gasteiger partial charge in [-0.25, -0.2) is 0 Å². The molecule has 16 heavy (non-hydrogen) atoms. The smallest absolute Gasteiger partial charge is 0.394 e. The van der Waals surface area contributed by atoms with Crippen molar-refractivity contribution in [1.82, 2.24) is 10.2 Å². The van der Waals surface area contributed by atoms with E-state index in [4.69, 9.17) is 0 Å². The van der Waals surface area contributed by atoms with Gasteiger partial charge in [0, 0.05) is 5.54 Å². The molecule has 0 saturated carbocycles. The number of hydrogen-bond acceptors (Lipinski definition) is 3. The molecular formula is C10H19F3N2O. The van der Waals surface area contributed by atoms with Crippen molar-refractivity contribution in [3.05, 3.63) is 0 Å². The van der Waals surface area contributed by atoms with Gasteiger partial charge >= 0.3 is 6.18 Å². The number of piperidine rings is 1. The maximum Gasteiger partial charge on any atom is 0.401 e. The van der Waals surface area contributed by atoms with Crippen LogP contribution in [0.5, 0.6) is 0 Å². The molecule has 1 saturated heterocycles. The van der Waals surface area contributed by atoms with Crippen molar-refractivity contribution in [3.63, 3.8) is 0 Å².